The lowest BCUT2D eigenvalue weighted by atomic mass is 10.0. The molecule has 2 rings (SSSR count). The van der Waals surface area contributed by atoms with Gasteiger partial charge in [-0.1, -0.05) is 56.3 Å². The highest BCUT2D eigenvalue weighted by Crippen LogP contribution is 2.18. The smallest absolute Gasteiger partial charge is 0.150 e. The van der Waals surface area contributed by atoms with Gasteiger partial charge in [0, 0.05) is 5.56 Å². The highest BCUT2D eigenvalue weighted by molar-refractivity contribution is 5.75. The number of aldehydes is 1. The fraction of sp³-hybridized carbons (Fsp3) is 0.211. The zero-order valence-electron chi connectivity index (χ0n) is 12.5. The minimum absolute atomic E-state index is 0.524. The molecule has 21 heavy (non-hydrogen) atoms. The molecular weight excluding hydrogens is 260 g/mol. The second-order valence-corrected chi connectivity index (χ2v) is 5.22. The van der Waals surface area contributed by atoms with Crippen LogP contribution in [0.1, 0.15) is 41.3 Å². The summed E-state index contributed by atoms with van der Waals surface area (Å²) in [5.41, 5.74) is 3.06. The Kier molecular flexibility index (Phi) is 5.33. The van der Waals surface area contributed by atoms with Crippen LogP contribution >= 0.6 is 0 Å². The number of benzene rings is 2. The Bertz CT molecular complexity index is 592. The lowest BCUT2D eigenvalue weighted by Crippen LogP contribution is -1.94. The summed E-state index contributed by atoms with van der Waals surface area (Å²) in [4.78, 5) is 10.6. The van der Waals surface area contributed by atoms with E-state index < -0.39 is 0 Å². The molecule has 0 spiro atoms. The average molecular weight is 280 g/mol. The molecule has 0 saturated heterocycles. The second-order valence-electron chi connectivity index (χ2n) is 5.22. The van der Waals surface area contributed by atoms with Crippen molar-refractivity contribution in [1.29, 1.82) is 0 Å². The Morgan fingerprint density at radius 3 is 2.14 bits per heavy atom. The molecule has 0 amide bonds. The van der Waals surface area contributed by atoms with Gasteiger partial charge in [0.1, 0.15) is 18.6 Å². The van der Waals surface area contributed by atoms with Gasteiger partial charge in [0.15, 0.2) is 0 Å². The predicted octanol–water partition coefficient (Wildman–Crippen LogP) is 4.71. The Balaban J connectivity index is 1.85. The maximum Gasteiger partial charge on any atom is 0.150 e. The molecule has 2 heteroatoms. The molecular formula is C19H20O2. The van der Waals surface area contributed by atoms with E-state index in [0.717, 1.165) is 17.6 Å². The van der Waals surface area contributed by atoms with Crippen molar-refractivity contribution < 1.29 is 9.53 Å². The summed E-state index contributed by atoms with van der Waals surface area (Å²) in [5.74, 6) is 1.41. The van der Waals surface area contributed by atoms with Crippen LogP contribution in [-0.4, -0.2) is 12.9 Å². The number of hydrogen-bond acceptors (Lipinski definition) is 2. The van der Waals surface area contributed by atoms with E-state index in [2.05, 4.69) is 26.0 Å². The third-order valence-corrected chi connectivity index (χ3v) is 3.28. The van der Waals surface area contributed by atoms with Gasteiger partial charge in [-0.3, -0.25) is 4.79 Å². The van der Waals surface area contributed by atoms with E-state index in [-0.39, 0.29) is 0 Å². The standard InChI is InChI=1S/C19H20O2/c1-15(2)18-9-11-19(12-10-18)21-13-3-4-16-5-7-17(14-20)8-6-16/h3-12,14-15H,13H2,1-2H3. The second kappa shape index (κ2) is 7.44. The average Bonchev–Trinajstić information content (AvgIpc) is 2.52. The maximum atomic E-state index is 10.6. The van der Waals surface area contributed by atoms with Gasteiger partial charge in [0.25, 0.3) is 0 Å². The number of rotatable bonds is 6. The number of carbonyl (C=O) groups is 1. The Morgan fingerprint density at radius 1 is 0.952 bits per heavy atom. The highest BCUT2D eigenvalue weighted by Gasteiger charge is 1.98. The van der Waals surface area contributed by atoms with Crippen LogP contribution in [0.3, 0.4) is 0 Å². The van der Waals surface area contributed by atoms with Crippen LogP contribution in [0.15, 0.2) is 54.6 Å². The Hall–Kier alpha value is -2.35. The van der Waals surface area contributed by atoms with Crippen molar-refractivity contribution in [3.05, 3.63) is 71.3 Å². The molecule has 2 aromatic carbocycles. The summed E-state index contributed by atoms with van der Waals surface area (Å²) >= 11 is 0. The van der Waals surface area contributed by atoms with Crippen LogP contribution in [0.5, 0.6) is 5.75 Å². The molecule has 2 nitrogen and oxygen atoms in total. The van der Waals surface area contributed by atoms with Crippen molar-refractivity contribution in [2.75, 3.05) is 6.61 Å². The zero-order chi connectivity index (χ0) is 15.1. The van der Waals surface area contributed by atoms with Crippen LogP contribution < -0.4 is 4.74 Å². The molecule has 2 aromatic rings. The first-order chi connectivity index (χ1) is 10.2. The molecule has 0 aliphatic carbocycles. The van der Waals surface area contributed by atoms with Gasteiger partial charge in [-0.05, 0) is 35.3 Å². The topological polar surface area (TPSA) is 26.3 Å². The van der Waals surface area contributed by atoms with Crippen molar-refractivity contribution in [3.63, 3.8) is 0 Å². The first-order valence-corrected chi connectivity index (χ1v) is 7.13. The van der Waals surface area contributed by atoms with Gasteiger partial charge < -0.3 is 4.74 Å². The largest absolute Gasteiger partial charge is 0.490 e. The molecule has 0 unspecified atom stereocenters. The van der Waals surface area contributed by atoms with E-state index in [0.29, 0.717) is 18.1 Å². The van der Waals surface area contributed by atoms with Gasteiger partial charge in [-0.15, -0.1) is 0 Å². The van der Waals surface area contributed by atoms with Gasteiger partial charge >= 0.3 is 0 Å². The molecule has 0 fully saturated rings. The lowest BCUT2D eigenvalue weighted by Gasteiger charge is -2.07. The Labute approximate surface area is 126 Å². The summed E-state index contributed by atoms with van der Waals surface area (Å²) in [6.45, 7) is 4.87. The number of carbonyl (C=O) groups excluding carboxylic acids is 1. The molecule has 0 atom stereocenters. The van der Waals surface area contributed by atoms with Crippen molar-refractivity contribution in [2.24, 2.45) is 0 Å². The Morgan fingerprint density at radius 2 is 1.57 bits per heavy atom. The number of ether oxygens (including phenoxy) is 1. The first kappa shape index (κ1) is 15.0. The van der Waals surface area contributed by atoms with Crippen molar-refractivity contribution in [1.82, 2.24) is 0 Å². The summed E-state index contributed by atoms with van der Waals surface area (Å²) in [5, 5.41) is 0. The molecule has 0 N–H and O–H groups in total. The van der Waals surface area contributed by atoms with Gasteiger partial charge in [0.05, 0.1) is 0 Å². The van der Waals surface area contributed by atoms with Gasteiger partial charge in [0.2, 0.25) is 0 Å². The molecule has 0 radical (unpaired) electrons. The minimum atomic E-state index is 0.524. The van der Waals surface area contributed by atoms with Crippen LogP contribution in [0, 0.1) is 0 Å². The maximum absolute atomic E-state index is 10.6. The van der Waals surface area contributed by atoms with Crippen molar-refractivity contribution >= 4 is 12.4 Å². The molecule has 0 saturated carbocycles. The first-order valence-electron chi connectivity index (χ1n) is 7.13. The predicted molar refractivity (Wildman–Crippen MR) is 86.9 cm³/mol. The van der Waals surface area contributed by atoms with E-state index in [1.165, 1.54) is 5.56 Å². The fourth-order valence-corrected chi connectivity index (χ4v) is 1.96. The van der Waals surface area contributed by atoms with E-state index >= 15 is 0 Å². The van der Waals surface area contributed by atoms with Crippen LogP contribution in [-0.2, 0) is 0 Å². The summed E-state index contributed by atoms with van der Waals surface area (Å²) in [7, 11) is 0. The molecule has 108 valence electrons. The van der Waals surface area contributed by atoms with E-state index in [1.807, 2.05) is 36.4 Å². The molecule has 0 aliphatic heterocycles. The SMILES string of the molecule is CC(C)c1ccc(OCC=Cc2ccc(C=O)cc2)cc1. The van der Waals surface area contributed by atoms with Gasteiger partial charge in [-0.25, -0.2) is 0 Å². The zero-order valence-corrected chi connectivity index (χ0v) is 12.5. The minimum Gasteiger partial charge on any atom is -0.490 e. The fourth-order valence-electron chi connectivity index (χ4n) is 1.96. The van der Waals surface area contributed by atoms with Gasteiger partial charge in [-0.2, -0.15) is 0 Å². The van der Waals surface area contributed by atoms with Crippen LogP contribution in [0.2, 0.25) is 0 Å². The normalized spacial score (nSPS) is 11.0. The third kappa shape index (κ3) is 4.60. The summed E-state index contributed by atoms with van der Waals surface area (Å²) in [6.07, 6.45) is 4.79. The van der Waals surface area contributed by atoms with E-state index in [4.69, 9.17) is 4.74 Å². The molecule has 0 heterocycles. The van der Waals surface area contributed by atoms with E-state index in [1.54, 1.807) is 12.1 Å². The number of hydrogen-bond donors (Lipinski definition) is 0. The summed E-state index contributed by atoms with van der Waals surface area (Å²) in [6, 6.07) is 15.6. The third-order valence-electron chi connectivity index (χ3n) is 3.28. The highest BCUT2D eigenvalue weighted by atomic mass is 16.5. The van der Waals surface area contributed by atoms with Crippen LogP contribution in [0.4, 0.5) is 0 Å². The van der Waals surface area contributed by atoms with Crippen LogP contribution in [0.25, 0.3) is 6.08 Å². The van der Waals surface area contributed by atoms with Crippen molar-refractivity contribution in [3.8, 4) is 5.75 Å². The molecule has 0 bridgehead atoms. The summed E-state index contributed by atoms with van der Waals surface area (Å²) < 4.78 is 5.66. The molecule has 0 aromatic heterocycles. The molecule has 0 aliphatic rings. The van der Waals surface area contributed by atoms with E-state index in [9.17, 15) is 4.79 Å². The van der Waals surface area contributed by atoms with Crippen molar-refractivity contribution in [2.45, 2.75) is 19.8 Å². The monoisotopic (exact) mass is 280 g/mol. The lowest BCUT2D eigenvalue weighted by molar-refractivity contribution is 0.112. The quantitative estimate of drug-likeness (QED) is 0.716.